The van der Waals surface area contributed by atoms with Crippen LogP contribution in [0.3, 0.4) is 0 Å². The van der Waals surface area contributed by atoms with Crippen molar-refractivity contribution in [3.8, 4) is 5.75 Å². The third-order valence-electron chi connectivity index (χ3n) is 4.79. The van der Waals surface area contributed by atoms with Gasteiger partial charge in [-0.25, -0.2) is 0 Å². The highest BCUT2D eigenvalue weighted by Gasteiger charge is 2.35. The number of amides is 2. The van der Waals surface area contributed by atoms with Crippen LogP contribution in [0.15, 0.2) is 78.9 Å². The Morgan fingerprint density at radius 1 is 1.03 bits per heavy atom. The summed E-state index contributed by atoms with van der Waals surface area (Å²) >= 11 is 1.56. The van der Waals surface area contributed by atoms with Crippen molar-refractivity contribution in [1.29, 1.82) is 0 Å². The normalized spacial score (nSPS) is 15.8. The fourth-order valence-electron chi connectivity index (χ4n) is 3.32. The molecular weight excluding hydrogens is 396 g/mol. The quantitative estimate of drug-likeness (QED) is 0.625. The first kappa shape index (κ1) is 20.0. The van der Waals surface area contributed by atoms with E-state index in [1.165, 1.54) is 0 Å². The summed E-state index contributed by atoms with van der Waals surface area (Å²) in [6.07, 6.45) is 0. The van der Waals surface area contributed by atoms with Crippen LogP contribution in [0.5, 0.6) is 5.75 Å². The molecule has 0 radical (unpaired) electrons. The first-order valence-electron chi connectivity index (χ1n) is 9.69. The molecule has 3 aromatic carbocycles. The molecule has 30 heavy (non-hydrogen) atoms. The molecule has 1 unspecified atom stereocenters. The van der Waals surface area contributed by atoms with E-state index in [-0.39, 0.29) is 23.8 Å². The minimum absolute atomic E-state index is 0.0578. The Kier molecular flexibility index (Phi) is 6.05. The van der Waals surface area contributed by atoms with Crippen molar-refractivity contribution in [2.45, 2.75) is 12.3 Å². The van der Waals surface area contributed by atoms with E-state index in [4.69, 9.17) is 4.74 Å². The molecule has 0 saturated carbocycles. The summed E-state index contributed by atoms with van der Waals surface area (Å²) in [5.74, 6) is 0.853. The van der Waals surface area contributed by atoms with Crippen molar-refractivity contribution in [2.24, 2.45) is 0 Å². The minimum atomic E-state index is -0.248. The summed E-state index contributed by atoms with van der Waals surface area (Å²) in [4.78, 5) is 26.9. The highest BCUT2D eigenvalue weighted by atomic mass is 32.2. The summed E-state index contributed by atoms with van der Waals surface area (Å²) < 4.78 is 5.54. The predicted molar refractivity (Wildman–Crippen MR) is 121 cm³/mol. The Morgan fingerprint density at radius 3 is 2.50 bits per heavy atom. The van der Waals surface area contributed by atoms with Gasteiger partial charge in [-0.3, -0.25) is 14.5 Å². The Labute approximate surface area is 180 Å². The summed E-state index contributed by atoms with van der Waals surface area (Å²) in [7, 11) is 0. The average molecular weight is 419 g/mol. The summed E-state index contributed by atoms with van der Waals surface area (Å²) in [5, 5.41) is 2.74. The van der Waals surface area contributed by atoms with E-state index in [1.807, 2.05) is 85.8 Å². The molecule has 3 aromatic rings. The van der Waals surface area contributed by atoms with Gasteiger partial charge in [-0.1, -0.05) is 54.1 Å². The van der Waals surface area contributed by atoms with Crippen LogP contribution in [-0.2, 0) is 9.59 Å². The number of hydrogen-bond acceptors (Lipinski definition) is 4. The van der Waals surface area contributed by atoms with E-state index in [0.29, 0.717) is 17.2 Å². The van der Waals surface area contributed by atoms with Crippen LogP contribution in [0.2, 0.25) is 0 Å². The fourth-order valence-corrected chi connectivity index (χ4v) is 4.53. The van der Waals surface area contributed by atoms with Gasteiger partial charge in [0.2, 0.25) is 5.91 Å². The standard InChI is InChI=1S/C24H22N2O3S/c1-17-11-13-18(14-12-17)26-23(28)16-30-24(26)20-9-5-6-10-21(20)25-22(27)15-29-19-7-3-2-4-8-19/h2-14,24H,15-16H2,1H3,(H,25,27). The monoisotopic (exact) mass is 418 g/mol. The number of nitrogens with one attached hydrogen (secondary N) is 1. The second-order valence-electron chi connectivity index (χ2n) is 7.00. The van der Waals surface area contributed by atoms with Crippen LogP contribution in [0, 0.1) is 6.92 Å². The van der Waals surface area contributed by atoms with Crippen LogP contribution >= 0.6 is 11.8 Å². The third kappa shape index (κ3) is 4.49. The lowest BCUT2D eigenvalue weighted by Crippen LogP contribution is -2.29. The molecule has 2 amide bonds. The van der Waals surface area contributed by atoms with Crippen LogP contribution in [0.4, 0.5) is 11.4 Å². The van der Waals surface area contributed by atoms with E-state index in [9.17, 15) is 9.59 Å². The Hall–Kier alpha value is -3.25. The number of carbonyl (C=O) groups excluding carboxylic acids is 2. The molecule has 0 bridgehead atoms. The van der Waals surface area contributed by atoms with Crippen molar-refractivity contribution in [2.75, 3.05) is 22.6 Å². The van der Waals surface area contributed by atoms with Crippen LogP contribution in [-0.4, -0.2) is 24.2 Å². The lowest BCUT2D eigenvalue weighted by atomic mass is 10.1. The van der Waals surface area contributed by atoms with Crippen LogP contribution < -0.4 is 15.0 Å². The highest BCUT2D eigenvalue weighted by Crippen LogP contribution is 2.44. The zero-order valence-electron chi connectivity index (χ0n) is 16.6. The number of ether oxygens (including phenoxy) is 1. The topological polar surface area (TPSA) is 58.6 Å². The largest absolute Gasteiger partial charge is 0.484 e. The summed E-state index contributed by atoms with van der Waals surface area (Å²) in [6, 6.07) is 24.7. The van der Waals surface area contributed by atoms with Gasteiger partial charge >= 0.3 is 0 Å². The molecule has 5 nitrogen and oxygen atoms in total. The Bertz CT molecular complexity index is 1040. The Balaban J connectivity index is 1.52. The highest BCUT2D eigenvalue weighted by molar-refractivity contribution is 8.00. The summed E-state index contributed by atoms with van der Waals surface area (Å²) in [5.41, 5.74) is 3.57. The van der Waals surface area contributed by atoms with Gasteiger partial charge in [-0.05, 0) is 37.3 Å². The van der Waals surface area contributed by atoms with E-state index < -0.39 is 0 Å². The molecule has 1 fully saturated rings. The number of carbonyl (C=O) groups is 2. The molecule has 1 atom stereocenters. The second kappa shape index (κ2) is 9.05. The van der Waals surface area contributed by atoms with Crippen molar-refractivity contribution in [1.82, 2.24) is 0 Å². The third-order valence-corrected chi connectivity index (χ3v) is 5.99. The van der Waals surface area contributed by atoms with Gasteiger partial charge < -0.3 is 10.1 Å². The van der Waals surface area contributed by atoms with Crippen molar-refractivity contribution >= 4 is 35.0 Å². The molecule has 0 aliphatic carbocycles. The van der Waals surface area contributed by atoms with Crippen molar-refractivity contribution in [3.63, 3.8) is 0 Å². The first-order valence-corrected chi connectivity index (χ1v) is 10.7. The Morgan fingerprint density at radius 2 is 1.73 bits per heavy atom. The average Bonchev–Trinajstić information content (AvgIpc) is 3.15. The maximum Gasteiger partial charge on any atom is 0.262 e. The molecule has 4 rings (SSSR count). The molecule has 1 aliphatic heterocycles. The molecule has 152 valence electrons. The van der Waals surface area contributed by atoms with Crippen molar-refractivity contribution < 1.29 is 14.3 Å². The lowest BCUT2D eigenvalue weighted by molar-refractivity contribution is -0.118. The smallest absolute Gasteiger partial charge is 0.262 e. The van der Waals surface area contributed by atoms with E-state index in [0.717, 1.165) is 16.8 Å². The number of aryl methyl sites for hydroxylation is 1. The van der Waals surface area contributed by atoms with Gasteiger partial charge in [0.25, 0.3) is 5.91 Å². The van der Waals surface area contributed by atoms with Crippen LogP contribution in [0.1, 0.15) is 16.5 Å². The zero-order chi connectivity index (χ0) is 20.9. The van der Waals surface area contributed by atoms with Gasteiger partial charge in [0.05, 0.1) is 5.75 Å². The maximum absolute atomic E-state index is 12.6. The molecule has 1 heterocycles. The zero-order valence-corrected chi connectivity index (χ0v) is 17.4. The lowest BCUT2D eigenvalue weighted by Gasteiger charge is -2.26. The van der Waals surface area contributed by atoms with E-state index in [1.54, 1.807) is 16.7 Å². The first-order chi connectivity index (χ1) is 14.6. The number of rotatable bonds is 6. The van der Waals surface area contributed by atoms with Gasteiger partial charge in [-0.2, -0.15) is 0 Å². The van der Waals surface area contributed by atoms with Gasteiger partial charge in [0.15, 0.2) is 6.61 Å². The molecule has 0 aromatic heterocycles. The number of para-hydroxylation sites is 2. The molecule has 1 aliphatic rings. The SMILES string of the molecule is Cc1ccc(N2C(=O)CSC2c2ccccc2NC(=O)COc2ccccc2)cc1. The molecular formula is C24H22N2O3S. The number of anilines is 2. The molecule has 1 N–H and O–H groups in total. The fraction of sp³-hybridized carbons (Fsp3) is 0.167. The van der Waals surface area contributed by atoms with Gasteiger partial charge in [-0.15, -0.1) is 11.8 Å². The molecule has 0 spiro atoms. The predicted octanol–water partition coefficient (Wildman–Crippen LogP) is 4.79. The van der Waals surface area contributed by atoms with Crippen LogP contribution in [0.25, 0.3) is 0 Å². The van der Waals surface area contributed by atoms with Gasteiger partial charge in [0, 0.05) is 16.9 Å². The maximum atomic E-state index is 12.6. The van der Waals surface area contributed by atoms with Crippen molar-refractivity contribution in [3.05, 3.63) is 90.0 Å². The number of thioether (sulfide) groups is 1. The minimum Gasteiger partial charge on any atom is -0.484 e. The van der Waals surface area contributed by atoms with E-state index >= 15 is 0 Å². The molecule has 6 heteroatoms. The van der Waals surface area contributed by atoms with E-state index in [2.05, 4.69) is 5.32 Å². The van der Waals surface area contributed by atoms with Gasteiger partial charge in [0.1, 0.15) is 11.1 Å². The summed E-state index contributed by atoms with van der Waals surface area (Å²) in [6.45, 7) is 1.93. The number of benzene rings is 3. The molecule has 1 saturated heterocycles. The number of hydrogen-bond donors (Lipinski definition) is 1. The second-order valence-corrected chi connectivity index (χ2v) is 8.07. The number of nitrogens with zero attached hydrogens (tertiary/aromatic N) is 1.